The number of aliphatic hydroxyl groups is 1. The summed E-state index contributed by atoms with van der Waals surface area (Å²) in [5.74, 6) is -4.22. The lowest BCUT2D eigenvalue weighted by Crippen LogP contribution is -2.39. The third-order valence-electron chi connectivity index (χ3n) is 1.69. The average molecular weight is 220 g/mol. The summed E-state index contributed by atoms with van der Waals surface area (Å²) in [6.07, 6.45) is 1.05. The Kier molecular flexibility index (Phi) is 3.35. The van der Waals surface area contributed by atoms with E-state index >= 15 is 0 Å². The maximum Gasteiger partial charge on any atom is 0.289 e. The lowest BCUT2D eigenvalue weighted by Gasteiger charge is -2.12. The summed E-state index contributed by atoms with van der Waals surface area (Å²) in [5.41, 5.74) is 0.319. The van der Waals surface area contributed by atoms with Gasteiger partial charge in [-0.05, 0) is 6.92 Å². The monoisotopic (exact) mass is 220 g/mol. The Bertz CT molecular complexity index is 351. The molecule has 15 heavy (non-hydrogen) atoms. The Morgan fingerprint density at radius 3 is 2.87 bits per heavy atom. The number of aliphatic hydroxyl groups excluding tert-OH is 1. The van der Waals surface area contributed by atoms with Gasteiger partial charge in [0.2, 0.25) is 5.76 Å². The number of carbonyl (C=O) groups excluding carboxylic acids is 1. The fraction of sp³-hybridized carbons (Fsp3) is 0.500. The van der Waals surface area contributed by atoms with Gasteiger partial charge < -0.3 is 14.8 Å². The minimum Gasteiger partial charge on any atom is -0.438 e. The molecule has 5 nitrogen and oxygen atoms in total. The molecule has 0 aliphatic rings. The summed E-state index contributed by atoms with van der Waals surface area (Å²) in [5, 5.41) is 10.2. The van der Waals surface area contributed by atoms with Crippen molar-refractivity contribution >= 4 is 5.91 Å². The molecule has 0 fully saturated rings. The Hall–Kier alpha value is -1.50. The highest BCUT2D eigenvalue weighted by molar-refractivity contribution is 5.92. The molecule has 1 rings (SSSR count). The van der Waals surface area contributed by atoms with E-state index in [1.54, 1.807) is 0 Å². The quantitative estimate of drug-likeness (QED) is 0.767. The summed E-state index contributed by atoms with van der Waals surface area (Å²) in [6, 6.07) is 0. The summed E-state index contributed by atoms with van der Waals surface area (Å²) in [4.78, 5) is 14.9. The van der Waals surface area contributed by atoms with Crippen LogP contribution in [0.15, 0.2) is 10.8 Å². The van der Waals surface area contributed by atoms with Gasteiger partial charge >= 0.3 is 0 Å². The Balaban J connectivity index is 2.55. The van der Waals surface area contributed by atoms with Gasteiger partial charge in [-0.2, -0.15) is 0 Å². The van der Waals surface area contributed by atoms with Crippen LogP contribution in [-0.4, -0.2) is 35.1 Å². The molecule has 0 saturated carbocycles. The first-order chi connectivity index (χ1) is 6.96. The van der Waals surface area contributed by atoms with Crippen LogP contribution in [0.25, 0.3) is 0 Å². The number of aromatic nitrogens is 1. The number of carbonyl (C=O) groups is 1. The number of nitrogens with zero attached hydrogens (tertiary/aromatic N) is 1. The van der Waals surface area contributed by atoms with E-state index in [1.807, 2.05) is 5.32 Å². The fourth-order valence-electron chi connectivity index (χ4n) is 0.866. The molecule has 0 aliphatic carbocycles. The van der Waals surface area contributed by atoms with Crippen LogP contribution in [0, 0.1) is 6.92 Å². The average Bonchev–Trinajstić information content (AvgIpc) is 2.61. The molecule has 0 radical (unpaired) electrons. The molecular weight excluding hydrogens is 210 g/mol. The van der Waals surface area contributed by atoms with E-state index < -0.39 is 25.0 Å². The van der Waals surface area contributed by atoms with Crippen LogP contribution in [0.4, 0.5) is 8.78 Å². The van der Waals surface area contributed by atoms with Crippen molar-refractivity contribution in [1.82, 2.24) is 10.3 Å². The Morgan fingerprint density at radius 2 is 2.40 bits per heavy atom. The molecule has 0 atom stereocenters. The largest absolute Gasteiger partial charge is 0.438 e. The summed E-state index contributed by atoms with van der Waals surface area (Å²) >= 11 is 0. The molecule has 0 spiro atoms. The second kappa shape index (κ2) is 4.35. The molecule has 1 aromatic heterocycles. The number of nitrogens with one attached hydrogen (secondary N) is 1. The zero-order chi connectivity index (χ0) is 11.5. The maximum atomic E-state index is 12.5. The predicted molar refractivity (Wildman–Crippen MR) is 45.6 cm³/mol. The number of aryl methyl sites for hydroxylation is 1. The van der Waals surface area contributed by atoms with E-state index in [0.29, 0.717) is 5.69 Å². The van der Waals surface area contributed by atoms with Crippen LogP contribution in [-0.2, 0) is 0 Å². The van der Waals surface area contributed by atoms with Crippen LogP contribution in [0.5, 0.6) is 0 Å². The number of hydrogen-bond acceptors (Lipinski definition) is 4. The van der Waals surface area contributed by atoms with E-state index in [-0.39, 0.29) is 5.76 Å². The fourth-order valence-corrected chi connectivity index (χ4v) is 0.866. The third kappa shape index (κ3) is 2.98. The van der Waals surface area contributed by atoms with Crippen molar-refractivity contribution in [2.45, 2.75) is 12.8 Å². The van der Waals surface area contributed by atoms with E-state index in [1.165, 1.54) is 6.92 Å². The molecule has 84 valence electrons. The van der Waals surface area contributed by atoms with Crippen LogP contribution >= 0.6 is 0 Å². The zero-order valence-corrected chi connectivity index (χ0v) is 7.96. The lowest BCUT2D eigenvalue weighted by molar-refractivity contribution is -0.0463. The predicted octanol–water partition coefficient (Wildman–Crippen LogP) is 0.340. The molecule has 1 aromatic rings. The van der Waals surface area contributed by atoms with E-state index in [4.69, 9.17) is 9.52 Å². The summed E-state index contributed by atoms with van der Waals surface area (Å²) < 4.78 is 29.8. The zero-order valence-electron chi connectivity index (χ0n) is 7.96. The van der Waals surface area contributed by atoms with Crippen LogP contribution < -0.4 is 5.32 Å². The normalized spacial score (nSPS) is 11.5. The van der Waals surface area contributed by atoms with Crippen molar-refractivity contribution in [2.75, 3.05) is 13.2 Å². The van der Waals surface area contributed by atoms with Crippen LogP contribution in [0.3, 0.4) is 0 Å². The highest BCUT2D eigenvalue weighted by Crippen LogP contribution is 2.11. The molecule has 7 heteroatoms. The molecule has 0 bridgehead atoms. The first-order valence-corrected chi connectivity index (χ1v) is 4.13. The maximum absolute atomic E-state index is 12.5. The molecule has 2 N–H and O–H groups in total. The number of amides is 1. The van der Waals surface area contributed by atoms with Gasteiger partial charge in [-0.1, -0.05) is 0 Å². The van der Waals surface area contributed by atoms with Gasteiger partial charge in [0.25, 0.3) is 11.8 Å². The molecule has 0 aliphatic heterocycles. The van der Waals surface area contributed by atoms with Gasteiger partial charge in [0.1, 0.15) is 6.61 Å². The molecule has 0 aromatic carbocycles. The molecular formula is C8H10F2N2O3. The van der Waals surface area contributed by atoms with Crippen LogP contribution in [0.2, 0.25) is 0 Å². The van der Waals surface area contributed by atoms with Crippen LogP contribution in [0.1, 0.15) is 16.2 Å². The highest BCUT2D eigenvalue weighted by atomic mass is 19.3. The van der Waals surface area contributed by atoms with Gasteiger partial charge in [0.05, 0.1) is 12.2 Å². The Labute approximate surface area is 84.1 Å². The standard InChI is InChI=1S/C8H10F2N2O3/c1-5-6(15-4-12-5)7(14)11-2-8(9,10)3-13/h4,13H,2-3H2,1H3,(H,11,14). The third-order valence-corrected chi connectivity index (χ3v) is 1.69. The van der Waals surface area contributed by atoms with Gasteiger partial charge in [-0.15, -0.1) is 0 Å². The minimum absolute atomic E-state index is 0.108. The number of halogens is 2. The van der Waals surface area contributed by atoms with Gasteiger partial charge in [0.15, 0.2) is 6.39 Å². The second-order valence-electron chi connectivity index (χ2n) is 2.96. The number of hydrogen-bond donors (Lipinski definition) is 2. The van der Waals surface area contributed by atoms with E-state index in [0.717, 1.165) is 6.39 Å². The van der Waals surface area contributed by atoms with Crippen molar-refractivity contribution in [2.24, 2.45) is 0 Å². The first kappa shape index (κ1) is 11.6. The SMILES string of the molecule is Cc1ncoc1C(=O)NCC(F)(F)CO. The first-order valence-electron chi connectivity index (χ1n) is 4.13. The molecule has 1 amide bonds. The summed E-state index contributed by atoms with van der Waals surface area (Å²) in [6.45, 7) is -0.742. The van der Waals surface area contributed by atoms with Crippen molar-refractivity contribution in [1.29, 1.82) is 0 Å². The number of oxazole rings is 1. The van der Waals surface area contributed by atoms with Crippen molar-refractivity contribution in [3.8, 4) is 0 Å². The van der Waals surface area contributed by atoms with Gasteiger partial charge in [-0.25, -0.2) is 13.8 Å². The van der Waals surface area contributed by atoms with E-state index in [9.17, 15) is 13.6 Å². The van der Waals surface area contributed by atoms with Gasteiger partial charge in [-0.3, -0.25) is 4.79 Å². The molecule has 0 unspecified atom stereocenters. The van der Waals surface area contributed by atoms with E-state index in [2.05, 4.69) is 4.98 Å². The lowest BCUT2D eigenvalue weighted by atomic mass is 10.3. The van der Waals surface area contributed by atoms with Crippen molar-refractivity contribution in [3.05, 3.63) is 17.8 Å². The van der Waals surface area contributed by atoms with Gasteiger partial charge in [0, 0.05) is 0 Å². The number of rotatable bonds is 4. The Morgan fingerprint density at radius 1 is 1.73 bits per heavy atom. The summed E-state index contributed by atoms with van der Waals surface area (Å²) in [7, 11) is 0. The molecule has 1 heterocycles. The van der Waals surface area contributed by atoms with Crippen molar-refractivity contribution in [3.63, 3.8) is 0 Å². The minimum atomic E-state index is -3.33. The van der Waals surface area contributed by atoms with Crippen molar-refractivity contribution < 1.29 is 23.1 Å². The second-order valence-corrected chi connectivity index (χ2v) is 2.96. The highest BCUT2D eigenvalue weighted by Gasteiger charge is 2.29. The number of alkyl halides is 2. The topological polar surface area (TPSA) is 75.4 Å². The molecule has 0 saturated heterocycles. The smallest absolute Gasteiger partial charge is 0.289 e.